The SMILES string of the molecule is Nc1nn(Cc2ccccc2F)c2ncnc(-c3ccccn3)c12. The summed E-state index contributed by atoms with van der Waals surface area (Å²) in [5.41, 5.74) is 8.43. The van der Waals surface area contributed by atoms with Crippen LogP contribution in [0, 0.1) is 5.82 Å². The molecule has 4 rings (SSSR count). The summed E-state index contributed by atoms with van der Waals surface area (Å²) in [6.07, 6.45) is 3.12. The van der Waals surface area contributed by atoms with Crippen molar-refractivity contribution in [3.63, 3.8) is 0 Å². The summed E-state index contributed by atoms with van der Waals surface area (Å²) >= 11 is 0. The Bertz CT molecular complexity index is 1010. The molecule has 0 amide bonds. The van der Waals surface area contributed by atoms with Crippen LogP contribution in [-0.2, 0) is 6.54 Å². The maximum Gasteiger partial charge on any atom is 0.164 e. The van der Waals surface area contributed by atoms with E-state index >= 15 is 0 Å². The summed E-state index contributed by atoms with van der Waals surface area (Å²) in [6.45, 7) is 0.235. The van der Waals surface area contributed by atoms with Gasteiger partial charge in [0.15, 0.2) is 11.5 Å². The van der Waals surface area contributed by atoms with Gasteiger partial charge in [0.1, 0.15) is 17.8 Å². The van der Waals surface area contributed by atoms with Crippen molar-refractivity contribution in [3.8, 4) is 11.4 Å². The quantitative estimate of drug-likeness (QED) is 0.627. The van der Waals surface area contributed by atoms with Gasteiger partial charge in [0.2, 0.25) is 0 Å². The number of fused-ring (bicyclic) bond motifs is 1. The molecule has 0 aliphatic heterocycles. The Balaban J connectivity index is 1.87. The lowest BCUT2D eigenvalue weighted by molar-refractivity contribution is 0.589. The number of nitrogens with zero attached hydrogens (tertiary/aromatic N) is 5. The van der Waals surface area contributed by atoms with Crippen molar-refractivity contribution in [3.05, 3.63) is 66.4 Å². The largest absolute Gasteiger partial charge is 0.382 e. The molecule has 0 saturated carbocycles. The Labute approximate surface area is 136 Å². The molecule has 6 nitrogen and oxygen atoms in total. The number of nitrogens with two attached hydrogens (primary N) is 1. The summed E-state index contributed by atoms with van der Waals surface area (Å²) in [4.78, 5) is 12.9. The van der Waals surface area contributed by atoms with E-state index in [0.717, 1.165) is 0 Å². The Kier molecular flexibility index (Phi) is 3.38. The van der Waals surface area contributed by atoms with Crippen LogP contribution in [0.2, 0.25) is 0 Å². The highest BCUT2D eigenvalue weighted by Gasteiger charge is 2.17. The first kappa shape index (κ1) is 14.3. The summed E-state index contributed by atoms with van der Waals surface area (Å²) in [5, 5.41) is 4.93. The molecule has 0 aliphatic carbocycles. The van der Waals surface area contributed by atoms with Gasteiger partial charge in [0.25, 0.3) is 0 Å². The van der Waals surface area contributed by atoms with Crippen molar-refractivity contribution in [2.75, 3.05) is 5.73 Å². The molecular formula is C17H13FN6. The standard InChI is InChI=1S/C17H13FN6/c18-12-6-2-1-5-11(12)9-24-17-14(16(19)23-24)15(21-10-22-17)13-7-3-4-8-20-13/h1-8,10H,9H2,(H2,19,23). The van der Waals surface area contributed by atoms with Crippen LogP contribution in [0.15, 0.2) is 55.0 Å². The van der Waals surface area contributed by atoms with Crippen molar-refractivity contribution in [1.82, 2.24) is 24.7 Å². The summed E-state index contributed by atoms with van der Waals surface area (Å²) in [7, 11) is 0. The van der Waals surface area contributed by atoms with E-state index in [2.05, 4.69) is 20.1 Å². The molecule has 7 heteroatoms. The van der Waals surface area contributed by atoms with Gasteiger partial charge in [-0.3, -0.25) is 4.98 Å². The smallest absolute Gasteiger partial charge is 0.164 e. The Hall–Kier alpha value is -3.35. The lowest BCUT2D eigenvalue weighted by atomic mass is 10.2. The molecule has 4 aromatic rings. The van der Waals surface area contributed by atoms with Crippen LogP contribution in [0.3, 0.4) is 0 Å². The van der Waals surface area contributed by atoms with Gasteiger partial charge in [0, 0.05) is 11.8 Å². The molecule has 0 radical (unpaired) electrons. The van der Waals surface area contributed by atoms with E-state index in [-0.39, 0.29) is 12.4 Å². The van der Waals surface area contributed by atoms with E-state index in [1.54, 1.807) is 29.1 Å². The van der Waals surface area contributed by atoms with Crippen molar-refractivity contribution in [1.29, 1.82) is 0 Å². The molecule has 0 fully saturated rings. The van der Waals surface area contributed by atoms with Gasteiger partial charge in [-0.15, -0.1) is 0 Å². The number of pyridine rings is 1. The summed E-state index contributed by atoms with van der Waals surface area (Å²) < 4.78 is 15.5. The van der Waals surface area contributed by atoms with Gasteiger partial charge in [-0.25, -0.2) is 19.0 Å². The van der Waals surface area contributed by atoms with Crippen LogP contribution in [0.5, 0.6) is 0 Å². The Morgan fingerprint density at radius 2 is 1.83 bits per heavy atom. The second kappa shape index (κ2) is 5.69. The first-order chi connectivity index (χ1) is 11.7. The van der Waals surface area contributed by atoms with Crippen LogP contribution in [0.25, 0.3) is 22.4 Å². The Morgan fingerprint density at radius 3 is 2.62 bits per heavy atom. The van der Waals surface area contributed by atoms with E-state index in [1.165, 1.54) is 12.4 Å². The molecule has 3 aromatic heterocycles. The minimum Gasteiger partial charge on any atom is -0.382 e. The normalized spacial score (nSPS) is 11.0. The maximum atomic E-state index is 13.9. The van der Waals surface area contributed by atoms with E-state index < -0.39 is 0 Å². The van der Waals surface area contributed by atoms with E-state index in [1.807, 2.05) is 18.2 Å². The monoisotopic (exact) mass is 320 g/mol. The molecule has 0 unspecified atom stereocenters. The zero-order chi connectivity index (χ0) is 16.5. The summed E-state index contributed by atoms with van der Waals surface area (Å²) in [5.74, 6) is 0.00122. The van der Waals surface area contributed by atoms with Crippen molar-refractivity contribution in [2.45, 2.75) is 6.54 Å². The van der Waals surface area contributed by atoms with Crippen LogP contribution in [0.4, 0.5) is 10.2 Å². The van der Waals surface area contributed by atoms with Crippen molar-refractivity contribution < 1.29 is 4.39 Å². The van der Waals surface area contributed by atoms with Gasteiger partial charge >= 0.3 is 0 Å². The minimum atomic E-state index is -0.293. The van der Waals surface area contributed by atoms with Crippen LogP contribution >= 0.6 is 0 Å². The lowest BCUT2D eigenvalue weighted by Gasteiger charge is -2.05. The van der Waals surface area contributed by atoms with Gasteiger partial charge in [-0.1, -0.05) is 24.3 Å². The number of hydrogen-bond acceptors (Lipinski definition) is 5. The van der Waals surface area contributed by atoms with E-state index in [0.29, 0.717) is 33.8 Å². The zero-order valence-corrected chi connectivity index (χ0v) is 12.6. The predicted octanol–water partition coefficient (Wildman–Crippen LogP) is 2.66. The third kappa shape index (κ3) is 2.36. The molecule has 0 saturated heterocycles. The molecule has 0 bridgehead atoms. The number of nitrogen functional groups attached to an aromatic ring is 1. The molecule has 118 valence electrons. The average molecular weight is 320 g/mol. The first-order valence-corrected chi connectivity index (χ1v) is 7.36. The third-order valence-corrected chi connectivity index (χ3v) is 3.74. The second-order valence-electron chi connectivity index (χ2n) is 5.27. The van der Waals surface area contributed by atoms with Crippen LogP contribution in [-0.4, -0.2) is 24.7 Å². The average Bonchev–Trinajstić information content (AvgIpc) is 2.94. The summed E-state index contributed by atoms with van der Waals surface area (Å²) in [6, 6.07) is 12.1. The second-order valence-corrected chi connectivity index (χ2v) is 5.27. The van der Waals surface area contributed by atoms with Gasteiger partial charge < -0.3 is 5.73 Å². The fourth-order valence-electron chi connectivity index (χ4n) is 2.63. The van der Waals surface area contributed by atoms with Crippen molar-refractivity contribution >= 4 is 16.9 Å². The molecule has 3 heterocycles. The minimum absolute atomic E-state index is 0.235. The van der Waals surface area contributed by atoms with Gasteiger partial charge in [0.05, 0.1) is 17.6 Å². The highest BCUT2D eigenvalue weighted by molar-refractivity contribution is 5.97. The fourth-order valence-corrected chi connectivity index (χ4v) is 2.63. The molecule has 0 aliphatic rings. The van der Waals surface area contributed by atoms with Crippen LogP contribution in [0.1, 0.15) is 5.56 Å². The van der Waals surface area contributed by atoms with Gasteiger partial charge in [-0.05, 0) is 18.2 Å². The predicted molar refractivity (Wildman–Crippen MR) is 88.5 cm³/mol. The Morgan fingerprint density at radius 1 is 1.00 bits per heavy atom. The zero-order valence-electron chi connectivity index (χ0n) is 12.6. The molecular weight excluding hydrogens is 307 g/mol. The number of aromatic nitrogens is 5. The van der Waals surface area contributed by atoms with Crippen molar-refractivity contribution in [2.24, 2.45) is 0 Å². The topological polar surface area (TPSA) is 82.5 Å². The highest BCUT2D eigenvalue weighted by Crippen LogP contribution is 2.28. The highest BCUT2D eigenvalue weighted by atomic mass is 19.1. The number of halogens is 1. The molecule has 1 aromatic carbocycles. The number of anilines is 1. The number of benzene rings is 1. The van der Waals surface area contributed by atoms with Crippen LogP contribution < -0.4 is 5.73 Å². The number of rotatable bonds is 3. The molecule has 0 spiro atoms. The third-order valence-electron chi connectivity index (χ3n) is 3.74. The van der Waals surface area contributed by atoms with Gasteiger partial charge in [-0.2, -0.15) is 5.10 Å². The lowest BCUT2D eigenvalue weighted by Crippen LogP contribution is -2.05. The molecule has 2 N–H and O–H groups in total. The molecule has 24 heavy (non-hydrogen) atoms. The van der Waals surface area contributed by atoms with E-state index in [9.17, 15) is 4.39 Å². The van der Waals surface area contributed by atoms with E-state index in [4.69, 9.17) is 5.73 Å². The molecule has 0 atom stereocenters. The maximum absolute atomic E-state index is 13.9. The first-order valence-electron chi connectivity index (χ1n) is 7.36. The number of hydrogen-bond donors (Lipinski definition) is 1. The fraction of sp³-hybridized carbons (Fsp3) is 0.0588.